The van der Waals surface area contributed by atoms with Gasteiger partial charge in [0, 0.05) is 5.02 Å². The number of hydrogen-bond acceptors (Lipinski definition) is 0. The fourth-order valence-corrected chi connectivity index (χ4v) is 1.79. The lowest BCUT2D eigenvalue weighted by molar-refractivity contribution is -0.138. The lowest BCUT2D eigenvalue weighted by atomic mass is 9.84. The molecule has 0 spiro atoms. The number of fused-ring (bicyclic) bond motifs is 1. The van der Waals surface area contributed by atoms with E-state index in [0.717, 1.165) is 11.6 Å². The van der Waals surface area contributed by atoms with Crippen molar-refractivity contribution in [1.82, 2.24) is 0 Å². The Kier molecular flexibility index (Phi) is 1.80. The summed E-state index contributed by atoms with van der Waals surface area (Å²) >= 11 is 5.56. The maximum Gasteiger partial charge on any atom is 0.416 e. The summed E-state index contributed by atoms with van der Waals surface area (Å²) in [4.78, 5) is 0. The summed E-state index contributed by atoms with van der Waals surface area (Å²) in [6, 6.07) is 2.61. The number of halogens is 4. The highest BCUT2D eigenvalue weighted by Crippen LogP contribution is 2.39. The number of alkyl halides is 3. The van der Waals surface area contributed by atoms with Crippen molar-refractivity contribution < 1.29 is 13.2 Å². The molecule has 70 valence electrons. The van der Waals surface area contributed by atoms with Gasteiger partial charge in [-0.2, -0.15) is 13.2 Å². The van der Waals surface area contributed by atoms with Gasteiger partial charge in [-0.1, -0.05) is 11.6 Å². The van der Waals surface area contributed by atoms with Gasteiger partial charge in [0.15, 0.2) is 0 Å². The molecule has 4 heteroatoms. The molecule has 0 amide bonds. The molecule has 0 fully saturated rings. The Morgan fingerprint density at radius 1 is 1.15 bits per heavy atom. The molecule has 0 atom stereocenters. The molecule has 13 heavy (non-hydrogen) atoms. The van der Waals surface area contributed by atoms with Crippen molar-refractivity contribution >= 4 is 11.6 Å². The summed E-state index contributed by atoms with van der Waals surface area (Å²) in [5.74, 6) is 0. The highest BCUT2D eigenvalue weighted by atomic mass is 35.5. The Bertz CT molecular complexity index is 355. The number of aryl methyl sites for hydroxylation is 1. The van der Waals surface area contributed by atoms with Crippen LogP contribution in [0.15, 0.2) is 12.1 Å². The molecule has 0 aliphatic heterocycles. The van der Waals surface area contributed by atoms with E-state index in [-0.39, 0.29) is 5.02 Å². The van der Waals surface area contributed by atoms with E-state index in [1.165, 1.54) is 0 Å². The standard InChI is InChI=1S/C9H6ClF3/c10-6-3-5-1-2-7(5)8(4-6)9(11,12)13/h3-4H,1-2H2. The predicted molar refractivity (Wildman–Crippen MR) is 43.9 cm³/mol. The molecule has 1 aliphatic rings. The largest absolute Gasteiger partial charge is 0.416 e. The second-order valence-corrected chi connectivity index (χ2v) is 3.53. The highest BCUT2D eigenvalue weighted by molar-refractivity contribution is 6.30. The fourth-order valence-electron chi connectivity index (χ4n) is 1.55. The average Bonchev–Trinajstić information content (AvgIpc) is 1.93. The van der Waals surface area contributed by atoms with E-state index >= 15 is 0 Å². The predicted octanol–water partition coefficient (Wildman–Crippen LogP) is 3.46. The van der Waals surface area contributed by atoms with Crippen molar-refractivity contribution in [3.63, 3.8) is 0 Å². The lowest BCUT2D eigenvalue weighted by Gasteiger charge is -2.24. The molecule has 1 aliphatic carbocycles. The Morgan fingerprint density at radius 3 is 2.31 bits per heavy atom. The monoisotopic (exact) mass is 206 g/mol. The summed E-state index contributed by atoms with van der Waals surface area (Å²) in [7, 11) is 0. The maximum atomic E-state index is 12.4. The Balaban J connectivity index is 2.58. The quantitative estimate of drug-likeness (QED) is 0.610. The minimum Gasteiger partial charge on any atom is -0.166 e. The van der Waals surface area contributed by atoms with Crippen molar-refractivity contribution in [2.45, 2.75) is 19.0 Å². The first kappa shape index (κ1) is 8.88. The zero-order valence-corrected chi connectivity index (χ0v) is 7.34. The topological polar surface area (TPSA) is 0 Å². The molecule has 0 unspecified atom stereocenters. The molecule has 0 N–H and O–H groups in total. The van der Waals surface area contributed by atoms with Crippen LogP contribution in [0.3, 0.4) is 0 Å². The molecular formula is C9H6ClF3. The van der Waals surface area contributed by atoms with Crippen LogP contribution in [0.25, 0.3) is 0 Å². The third-order valence-corrected chi connectivity index (χ3v) is 2.48. The van der Waals surface area contributed by atoms with Crippen LogP contribution in [-0.4, -0.2) is 0 Å². The average molecular weight is 207 g/mol. The van der Waals surface area contributed by atoms with E-state index in [0.29, 0.717) is 18.4 Å². The van der Waals surface area contributed by atoms with Gasteiger partial charge in [0.05, 0.1) is 5.56 Å². The van der Waals surface area contributed by atoms with Crippen LogP contribution in [0, 0.1) is 0 Å². The SMILES string of the molecule is FC(F)(F)c1cc(Cl)cc2c1CC2. The molecule has 0 bridgehead atoms. The van der Waals surface area contributed by atoms with E-state index in [1.807, 2.05) is 0 Å². The number of benzene rings is 1. The van der Waals surface area contributed by atoms with Gasteiger partial charge in [-0.25, -0.2) is 0 Å². The molecular weight excluding hydrogens is 201 g/mol. The zero-order chi connectivity index (χ0) is 9.64. The van der Waals surface area contributed by atoms with Crippen molar-refractivity contribution in [1.29, 1.82) is 0 Å². The van der Waals surface area contributed by atoms with Crippen molar-refractivity contribution in [2.75, 3.05) is 0 Å². The summed E-state index contributed by atoms with van der Waals surface area (Å²) < 4.78 is 37.2. The third-order valence-electron chi connectivity index (χ3n) is 2.26. The second-order valence-electron chi connectivity index (χ2n) is 3.09. The molecule has 1 aromatic carbocycles. The second kappa shape index (κ2) is 2.64. The van der Waals surface area contributed by atoms with E-state index in [1.54, 1.807) is 6.07 Å². The van der Waals surface area contributed by atoms with E-state index in [2.05, 4.69) is 0 Å². The highest BCUT2D eigenvalue weighted by Gasteiger charge is 2.36. The molecule has 1 aromatic rings. The number of rotatable bonds is 0. The number of hydrogen-bond donors (Lipinski definition) is 0. The Morgan fingerprint density at radius 2 is 1.85 bits per heavy atom. The van der Waals surface area contributed by atoms with Crippen molar-refractivity contribution in [2.24, 2.45) is 0 Å². The summed E-state index contributed by atoms with van der Waals surface area (Å²) in [6.07, 6.45) is -3.05. The maximum absolute atomic E-state index is 12.4. The van der Waals surface area contributed by atoms with Crippen LogP contribution in [0.2, 0.25) is 5.02 Å². The van der Waals surface area contributed by atoms with Crippen LogP contribution in [0.4, 0.5) is 13.2 Å². The van der Waals surface area contributed by atoms with Crippen molar-refractivity contribution in [3.8, 4) is 0 Å². The summed E-state index contributed by atoms with van der Waals surface area (Å²) in [5, 5.41) is 0.172. The molecule has 0 heterocycles. The molecule has 0 nitrogen and oxygen atoms in total. The van der Waals surface area contributed by atoms with Gasteiger partial charge in [-0.15, -0.1) is 0 Å². The molecule has 0 aromatic heterocycles. The van der Waals surface area contributed by atoms with Gasteiger partial charge in [0.1, 0.15) is 0 Å². The van der Waals surface area contributed by atoms with E-state index in [9.17, 15) is 13.2 Å². The van der Waals surface area contributed by atoms with Gasteiger partial charge in [-0.3, -0.25) is 0 Å². The lowest BCUT2D eigenvalue weighted by Crippen LogP contribution is -2.18. The van der Waals surface area contributed by atoms with Gasteiger partial charge < -0.3 is 0 Å². The third kappa shape index (κ3) is 1.41. The first-order valence-electron chi connectivity index (χ1n) is 3.87. The first-order valence-corrected chi connectivity index (χ1v) is 4.25. The van der Waals surface area contributed by atoms with Crippen LogP contribution >= 0.6 is 11.6 Å². The van der Waals surface area contributed by atoms with Crippen LogP contribution in [0.5, 0.6) is 0 Å². The van der Waals surface area contributed by atoms with Crippen LogP contribution in [-0.2, 0) is 19.0 Å². The summed E-state index contributed by atoms with van der Waals surface area (Å²) in [5.41, 5.74) is 0.581. The molecule has 0 radical (unpaired) electrons. The Labute approximate surface area is 78.3 Å². The smallest absolute Gasteiger partial charge is 0.166 e. The summed E-state index contributed by atoms with van der Waals surface area (Å²) in [6.45, 7) is 0. The molecule has 2 rings (SSSR count). The van der Waals surface area contributed by atoms with E-state index < -0.39 is 11.7 Å². The normalized spacial score (nSPS) is 15.1. The van der Waals surface area contributed by atoms with Gasteiger partial charge >= 0.3 is 6.18 Å². The fraction of sp³-hybridized carbons (Fsp3) is 0.333. The molecule has 0 saturated carbocycles. The minimum atomic E-state index is -4.27. The van der Waals surface area contributed by atoms with E-state index in [4.69, 9.17) is 11.6 Å². The van der Waals surface area contributed by atoms with Gasteiger partial charge in [-0.05, 0) is 36.1 Å². The minimum absolute atomic E-state index is 0.172. The van der Waals surface area contributed by atoms with Gasteiger partial charge in [0.2, 0.25) is 0 Å². The zero-order valence-electron chi connectivity index (χ0n) is 6.58. The van der Waals surface area contributed by atoms with Crippen LogP contribution in [0.1, 0.15) is 16.7 Å². The Hall–Kier alpha value is -0.700. The molecule has 0 saturated heterocycles. The first-order chi connectivity index (χ1) is 5.98. The van der Waals surface area contributed by atoms with Gasteiger partial charge in [0.25, 0.3) is 0 Å². The van der Waals surface area contributed by atoms with Crippen LogP contribution < -0.4 is 0 Å². The van der Waals surface area contributed by atoms with Crippen molar-refractivity contribution in [3.05, 3.63) is 33.8 Å².